The van der Waals surface area contributed by atoms with Crippen molar-refractivity contribution in [2.45, 2.75) is 26.7 Å². The van der Waals surface area contributed by atoms with E-state index in [2.05, 4.69) is 10.3 Å². The number of halogens is 3. The summed E-state index contributed by atoms with van der Waals surface area (Å²) < 4.78 is 32.3. The minimum absolute atomic E-state index is 0.113. The van der Waals surface area contributed by atoms with Gasteiger partial charge < -0.3 is 9.73 Å². The Hall–Kier alpha value is -2.73. The molecule has 3 aromatic rings. The highest BCUT2D eigenvalue weighted by molar-refractivity contribution is 6.34. The summed E-state index contributed by atoms with van der Waals surface area (Å²) in [5, 5.41) is 3.27. The Balaban J connectivity index is 1.64. The van der Waals surface area contributed by atoms with Gasteiger partial charge in [-0.3, -0.25) is 4.79 Å². The van der Waals surface area contributed by atoms with Crippen molar-refractivity contribution >= 4 is 23.2 Å². The lowest BCUT2D eigenvalue weighted by atomic mass is 10.1. The topological polar surface area (TPSA) is 55.1 Å². The van der Waals surface area contributed by atoms with Gasteiger partial charge in [0.2, 0.25) is 5.91 Å². The molecule has 27 heavy (non-hydrogen) atoms. The summed E-state index contributed by atoms with van der Waals surface area (Å²) >= 11 is 6.19. The van der Waals surface area contributed by atoms with Crippen LogP contribution in [0.3, 0.4) is 0 Å². The molecule has 0 saturated heterocycles. The molecule has 0 bridgehead atoms. The molecule has 0 spiro atoms. The fourth-order valence-electron chi connectivity index (χ4n) is 2.74. The molecule has 3 rings (SSSR count). The van der Waals surface area contributed by atoms with E-state index in [1.165, 1.54) is 12.3 Å². The predicted molar refractivity (Wildman–Crippen MR) is 99.7 cm³/mol. The standard InChI is InChI=1S/C20H17ClF2N2O2/c1-11-7-12(2)20(15(21)8-11)25-18(26)5-6-19-24-10-17(27-19)14-4-3-13(22)9-16(14)23/h3-4,7-10H,5-6H2,1-2H3,(H,25,26). The van der Waals surface area contributed by atoms with E-state index in [0.717, 1.165) is 23.3 Å². The summed E-state index contributed by atoms with van der Waals surface area (Å²) in [5.74, 6) is -1.18. The number of oxazole rings is 1. The predicted octanol–water partition coefficient (Wildman–Crippen LogP) is 5.46. The summed E-state index contributed by atoms with van der Waals surface area (Å²) in [6.45, 7) is 3.79. The van der Waals surface area contributed by atoms with Crippen molar-refractivity contribution in [3.05, 3.63) is 70.2 Å². The summed E-state index contributed by atoms with van der Waals surface area (Å²) in [7, 11) is 0. The van der Waals surface area contributed by atoms with E-state index < -0.39 is 11.6 Å². The molecule has 1 heterocycles. The van der Waals surface area contributed by atoms with Crippen LogP contribution in [0.4, 0.5) is 14.5 Å². The lowest BCUT2D eigenvalue weighted by molar-refractivity contribution is -0.116. The van der Waals surface area contributed by atoms with Crippen molar-refractivity contribution in [1.29, 1.82) is 0 Å². The number of hydrogen-bond donors (Lipinski definition) is 1. The second-order valence-corrected chi connectivity index (χ2v) is 6.64. The first kappa shape index (κ1) is 19.0. The minimum atomic E-state index is -0.736. The van der Waals surface area contributed by atoms with Gasteiger partial charge in [-0.25, -0.2) is 13.8 Å². The first-order chi connectivity index (χ1) is 12.8. The van der Waals surface area contributed by atoms with Gasteiger partial charge in [-0.2, -0.15) is 0 Å². The maximum atomic E-state index is 13.8. The maximum absolute atomic E-state index is 13.8. The third kappa shape index (κ3) is 4.52. The van der Waals surface area contributed by atoms with Crippen LogP contribution in [0.15, 0.2) is 40.9 Å². The molecule has 7 heteroatoms. The van der Waals surface area contributed by atoms with Crippen molar-refractivity contribution in [2.24, 2.45) is 0 Å². The van der Waals surface area contributed by atoms with E-state index in [9.17, 15) is 13.6 Å². The molecule has 2 aromatic carbocycles. The molecule has 140 valence electrons. The van der Waals surface area contributed by atoms with Crippen LogP contribution in [-0.2, 0) is 11.2 Å². The van der Waals surface area contributed by atoms with Gasteiger partial charge in [0.15, 0.2) is 11.7 Å². The Morgan fingerprint density at radius 3 is 2.70 bits per heavy atom. The van der Waals surface area contributed by atoms with Crippen LogP contribution in [-0.4, -0.2) is 10.9 Å². The van der Waals surface area contributed by atoms with Crippen LogP contribution < -0.4 is 5.32 Å². The maximum Gasteiger partial charge on any atom is 0.224 e. The Bertz CT molecular complexity index is 978. The number of nitrogens with one attached hydrogen (secondary N) is 1. The van der Waals surface area contributed by atoms with Crippen LogP contribution in [0.5, 0.6) is 0 Å². The molecular weight excluding hydrogens is 374 g/mol. The quantitative estimate of drug-likeness (QED) is 0.629. The third-order valence-electron chi connectivity index (χ3n) is 4.01. The lowest BCUT2D eigenvalue weighted by Crippen LogP contribution is -2.13. The molecule has 0 unspecified atom stereocenters. The Morgan fingerprint density at radius 1 is 1.22 bits per heavy atom. The van der Waals surface area contributed by atoms with Gasteiger partial charge in [-0.05, 0) is 43.2 Å². The highest BCUT2D eigenvalue weighted by atomic mass is 35.5. The van der Waals surface area contributed by atoms with Crippen LogP contribution in [0.2, 0.25) is 5.02 Å². The molecule has 4 nitrogen and oxygen atoms in total. The SMILES string of the molecule is Cc1cc(C)c(NC(=O)CCc2ncc(-c3ccc(F)cc3F)o2)c(Cl)c1. The summed E-state index contributed by atoms with van der Waals surface area (Å²) in [6.07, 6.45) is 1.71. The lowest BCUT2D eigenvalue weighted by Gasteiger charge is -2.11. The van der Waals surface area contributed by atoms with Gasteiger partial charge in [-0.15, -0.1) is 0 Å². The van der Waals surface area contributed by atoms with E-state index >= 15 is 0 Å². The minimum Gasteiger partial charge on any atom is -0.441 e. The van der Waals surface area contributed by atoms with Crippen LogP contribution >= 0.6 is 11.6 Å². The van der Waals surface area contributed by atoms with Gasteiger partial charge in [0.1, 0.15) is 11.6 Å². The largest absolute Gasteiger partial charge is 0.441 e. The zero-order valence-electron chi connectivity index (χ0n) is 14.8. The first-order valence-electron chi connectivity index (χ1n) is 8.30. The highest BCUT2D eigenvalue weighted by Gasteiger charge is 2.14. The molecule has 0 aliphatic carbocycles. The van der Waals surface area contributed by atoms with Crippen molar-refractivity contribution in [3.63, 3.8) is 0 Å². The molecule has 0 radical (unpaired) electrons. The van der Waals surface area contributed by atoms with E-state index in [-0.39, 0.29) is 36.0 Å². The number of rotatable bonds is 5. The smallest absolute Gasteiger partial charge is 0.224 e. The molecule has 1 N–H and O–H groups in total. The number of hydrogen-bond acceptors (Lipinski definition) is 3. The average molecular weight is 391 g/mol. The molecule has 0 aliphatic heterocycles. The van der Waals surface area contributed by atoms with Crippen molar-refractivity contribution in [1.82, 2.24) is 4.98 Å². The summed E-state index contributed by atoms with van der Waals surface area (Å²) in [5.41, 5.74) is 2.57. The number of amides is 1. The Morgan fingerprint density at radius 2 is 2.00 bits per heavy atom. The number of aryl methyl sites for hydroxylation is 3. The van der Waals surface area contributed by atoms with Gasteiger partial charge >= 0.3 is 0 Å². The zero-order chi connectivity index (χ0) is 19.6. The van der Waals surface area contributed by atoms with E-state index in [0.29, 0.717) is 10.7 Å². The van der Waals surface area contributed by atoms with E-state index in [1.54, 1.807) is 6.07 Å². The number of nitrogens with zero attached hydrogens (tertiary/aromatic N) is 1. The molecule has 1 aromatic heterocycles. The second-order valence-electron chi connectivity index (χ2n) is 6.23. The van der Waals surface area contributed by atoms with Gasteiger partial charge in [0.05, 0.1) is 22.5 Å². The van der Waals surface area contributed by atoms with Gasteiger partial charge in [-0.1, -0.05) is 17.7 Å². The Labute approximate surface area is 160 Å². The van der Waals surface area contributed by atoms with Crippen molar-refractivity contribution in [2.75, 3.05) is 5.32 Å². The summed E-state index contributed by atoms with van der Waals surface area (Å²) in [4.78, 5) is 16.3. The fourth-order valence-corrected chi connectivity index (χ4v) is 3.10. The van der Waals surface area contributed by atoms with Crippen LogP contribution in [0.1, 0.15) is 23.4 Å². The van der Waals surface area contributed by atoms with Crippen LogP contribution in [0.25, 0.3) is 11.3 Å². The molecular formula is C20H17ClF2N2O2. The highest BCUT2D eigenvalue weighted by Crippen LogP contribution is 2.28. The average Bonchev–Trinajstić information content (AvgIpc) is 3.05. The first-order valence-corrected chi connectivity index (χ1v) is 8.68. The van der Waals surface area contributed by atoms with Gasteiger partial charge in [0, 0.05) is 18.9 Å². The molecule has 0 saturated carbocycles. The fraction of sp³-hybridized carbons (Fsp3) is 0.200. The normalized spacial score (nSPS) is 10.9. The van der Waals surface area contributed by atoms with Gasteiger partial charge in [0.25, 0.3) is 0 Å². The van der Waals surface area contributed by atoms with E-state index in [1.807, 2.05) is 19.9 Å². The molecule has 0 fully saturated rings. The van der Waals surface area contributed by atoms with Crippen molar-refractivity contribution in [3.8, 4) is 11.3 Å². The van der Waals surface area contributed by atoms with Crippen molar-refractivity contribution < 1.29 is 18.0 Å². The monoisotopic (exact) mass is 390 g/mol. The number of carbonyl (C=O) groups excluding carboxylic acids is 1. The second kappa shape index (κ2) is 7.88. The number of carbonyl (C=O) groups is 1. The number of anilines is 1. The Kier molecular flexibility index (Phi) is 5.56. The molecule has 1 amide bonds. The van der Waals surface area contributed by atoms with Crippen LogP contribution in [0, 0.1) is 25.5 Å². The molecule has 0 aliphatic rings. The van der Waals surface area contributed by atoms with E-state index in [4.69, 9.17) is 16.0 Å². The third-order valence-corrected chi connectivity index (χ3v) is 4.31. The number of aromatic nitrogens is 1. The zero-order valence-corrected chi connectivity index (χ0v) is 15.5. The molecule has 0 atom stereocenters. The number of benzene rings is 2. The summed E-state index contributed by atoms with van der Waals surface area (Å²) in [6, 6.07) is 6.91.